The van der Waals surface area contributed by atoms with Crippen LogP contribution in [0.3, 0.4) is 0 Å². The molecule has 204 valence electrons. The Kier molecular flexibility index (Phi) is 7.89. The molecular weight excluding hydrogens is 552 g/mol. The van der Waals surface area contributed by atoms with Crippen molar-refractivity contribution in [1.29, 1.82) is 0 Å². The highest BCUT2D eigenvalue weighted by atomic mass is 32.2. The van der Waals surface area contributed by atoms with E-state index in [2.05, 4.69) is 4.74 Å². The largest absolute Gasteiger partial charge is 0.573 e. The third-order valence-electron chi connectivity index (χ3n) is 5.69. The van der Waals surface area contributed by atoms with Crippen molar-refractivity contribution < 1.29 is 52.7 Å². The molecule has 1 amide bonds. The van der Waals surface area contributed by atoms with Crippen molar-refractivity contribution in [2.75, 3.05) is 25.1 Å². The molecule has 0 bridgehead atoms. The molecule has 0 atom stereocenters. The molecule has 0 unspecified atom stereocenters. The monoisotopic (exact) mass is 573 g/mol. The van der Waals surface area contributed by atoms with Crippen molar-refractivity contribution in [3.63, 3.8) is 0 Å². The predicted octanol–water partition coefficient (Wildman–Crippen LogP) is 4.33. The minimum Gasteiger partial charge on any atom is -0.406 e. The van der Waals surface area contributed by atoms with Crippen molar-refractivity contribution in [2.45, 2.75) is 35.2 Å². The zero-order valence-corrected chi connectivity index (χ0v) is 20.8. The van der Waals surface area contributed by atoms with E-state index in [1.165, 1.54) is 4.90 Å². The molecule has 37 heavy (non-hydrogen) atoms. The quantitative estimate of drug-likeness (QED) is 0.478. The maximum atomic E-state index is 13.0. The van der Waals surface area contributed by atoms with E-state index in [1.807, 2.05) is 0 Å². The van der Waals surface area contributed by atoms with Gasteiger partial charge in [0.05, 0.1) is 26.7 Å². The zero-order chi connectivity index (χ0) is 27.8. The van der Waals surface area contributed by atoms with Crippen LogP contribution in [0.15, 0.2) is 52.3 Å². The lowest BCUT2D eigenvalue weighted by Gasteiger charge is -2.32. The van der Waals surface area contributed by atoms with Gasteiger partial charge in [-0.2, -0.15) is 13.2 Å². The number of hydrogen-bond donors (Lipinski definition) is 0. The Hall–Kier alpha value is -2.81. The van der Waals surface area contributed by atoms with Crippen LogP contribution in [0.2, 0.25) is 0 Å². The maximum Gasteiger partial charge on any atom is 0.573 e. The number of amides is 1. The van der Waals surface area contributed by atoms with Crippen molar-refractivity contribution in [3.8, 4) is 5.75 Å². The second-order valence-electron chi connectivity index (χ2n) is 8.52. The lowest BCUT2D eigenvalue weighted by molar-refractivity contribution is -0.274. The van der Waals surface area contributed by atoms with E-state index >= 15 is 0 Å². The Morgan fingerprint density at radius 3 is 2.14 bits per heavy atom. The van der Waals surface area contributed by atoms with Crippen LogP contribution >= 0.6 is 0 Å². The van der Waals surface area contributed by atoms with Gasteiger partial charge in [0.1, 0.15) is 5.75 Å². The third kappa shape index (κ3) is 7.37. The van der Waals surface area contributed by atoms with Gasteiger partial charge in [0.15, 0.2) is 19.7 Å². The highest BCUT2D eigenvalue weighted by Gasteiger charge is 2.35. The van der Waals surface area contributed by atoms with Gasteiger partial charge in [0, 0.05) is 19.3 Å². The maximum absolute atomic E-state index is 13.0. The summed E-state index contributed by atoms with van der Waals surface area (Å²) in [6.45, 7) is 0.0111. The highest BCUT2D eigenvalue weighted by molar-refractivity contribution is 7.91. The summed E-state index contributed by atoms with van der Waals surface area (Å²) in [5.41, 5.74) is -1.46. The van der Waals surface area contributed by atoms with E-state index in [-0.39, 0.29) is 31.5 Å². The van der Waals surface area contributed by atoms with Crippen LogP contribution in [-0.4, -0.2) is 59.1 Å². The van der Waals surface area contributed by atoms with Gasteiger partial charge in [0.25, 0.3) is 5.91 Å². The molecule has 0 radical (unpaired) electrons. The summed E-state index contributed by atoms with van der Waals surface area (Å²) < 4.78 is 130. The van der Waals surface area contributed by atoms with Crippen LogP contribution in [0.1, 0.15) is 28.8 Å². The average molecular weight is 574 g/mol. The summed E-state index contributed by atoms with van der Waals surface area (Å²) in [4.78, 5) is 13.1. The van der Waals surface area contributed by atoms with Gasteiger partial charge in [-0.3, -0.25) is 4.79 Å². The van der Waals surface area contributed by atoms with Crippen LogP contribution in [0.25, 0.3) is 0 Å². The normalized spacial score (nSPS) is 16.0. The molecule has 7 nitrogen and oxygen atoms in total. The Balaban J connectivity index is 1.73. The summed E-state index contributed by atoms with van der Waals surface area (Å²) in [6.07, 6.45) is -8.74. The number of rotatable bonds is 6. The molecule has 0 saturated carbocycles. The molecule has 0 aromatic heterocycles. The van der Waals surface area contributed by atoms with Crippen molar-refractivity contribution >= 4 is 25.6 Å². The number of nitrogens with zero attached hydrogens (tertiary/aromatic N) is 1. The number of carbonyl (C=O) groups excluding carboxylic acids is 1. The summed E-state index contributed by atoms with van der Waals surface area (Å²) in [7, 11) is -8.20. The number of ether oxygens (including phenoxy) is 1. The predicted molar refractivity (Wildman–Crippen MR) is 118 cm³/mol. The number of piperidine rings is 1. The number of alkyl halides is 6. The van der Waals surface area contributed by atoms with Gasteiger partial charge in [-0.25, -0.2) is 16.8 Å². The molecule has 0 N–H and O–H groups in total. The van der Waals surface area contributed by atoms with Crippen molar-refractivity contribution in [3.05, 3.63) is 53.6 Å². The highest BCUT2D eigenvalue weighted by Crippen LogP contribution is 2.32. The van der Waals surface area contributed by atoms with Gasteiger partial charge in [0.2, 0.25) is 0 Å². The molecule has 1 saturated heterocycles. The van der Waals surface area contributed by atoms with Gasteiger partial charge >= 0.3 is 12.5 Å². The standard InChI is InChI=1S/C22H21F6NO6S2/c1-36(31,32)19-12-16(35-22(26,27)28)5-6-18(19)20(30)29-9-7-14(8-10-29)13-37(33,34)17-4-2-3-15(11-17)21(23,24)25/h2-6,11-12,14H,7-10,13H2,1H3. The summed E-state index contributed by atoms with van der Waals surface area (Å²) >= 11 is 0. The number of hydrogen-bond acceptors (Lipinski definition) is 6. The van der Waals surface area contributed by atoms with Crippen LogP contribution < -0.4 is 4.74 Å². The molecular formula is C22H21F6NO6S2. The van der Waals surface area contributed by atoms with E-state index < -0.39 is 70.9 Å². The smallest absolute Gasteiger partial charge is 0.406 e. The lowest BCUT2D eigenvalue weighted by atomic mass is 9.98. The lowest BCUT2D eigenvalue weighted by Crippen LogP contribution is -2.40. The average Bonchev–Trinajstić information content (AvgIpc) is 2.77. The first-order valence-corrected chi connectivity index (χ1v) is 14.2. The minimum absolute atomic E-state index is 0.00557. The molecule has 1 aliphatic rings. The fourth-order valence-electron chi connectivity index (χ4n) is 3.93. The van der Waals surface area contributed by atoms with E-state index in [4.69, 9.17) is 0 Å². The Morgan fingerprint density at radius 2 is 1.59 bits per heavy atom. The third-order valence-corrected chi connectivity index (χ3v) is 8.71. The van der Waals surface area contributed by atoms with E-state index in [0.29, 0.717) is 12.1 Å². The van der Waals surface area contributed by atoms with Gasteiger partial charge < -0.3 is 9.64 Å². The summed E-state index contributed by atoms with van der Waals surface area (Å²) in [6, 6.07) is 5.71. The second kappa shape index (κ2) is 10.2. The van der Waals surface area contributed by atoms with E-state index in [9.17, 15) is 48.0 Å². The molecule has 3 rings (SSSR count). The number of sulfone groups is 2. The van der Waals surface area contributed by atoms with Gasteiger partial charge in [-0.1, -0.05) is 6.07 Å². The first kappa shape index (κ1) is 28.8. The van der Waals surface area contributed by atoms with Crippen molar-refractivity contribution in [2.24, 2.45) is 5.92 Å². The van der Waals surface area contributed by atoms with E-state index in [0.717, 1.165) is 36.6 Å². The first-order valence-electron chi connectivity index (χ1n) is 10.7. The summed E-state index contributed by atoms with van der Waals surface area (Å²) in [5, 5.41) is 0. The van der Waals surface area contributed by atoms with E-state index in [1.54, 1.807) is 0 Å². The topological polar surface area (TPSA) is 97.8 Å². The van der Waals surface area contributed by atoms with Crippen LogP contribution in [0.4, 0.5) is 26.3 Å². The molecule has 1 heterocycles. The fourth-order valence-corrected chi connectivity index (χ4v) is 6.55. The molecule has 1 aliphatic heterocycles. The molecule has 2 aromatic carbocycles. The zero-order valence-electron chi connectivity index (χ0n) is 19.1. The number of halogens is 6. The second-order valence-corrected chi connectivity index (χ2v) is 12.5. The Morgan fingerprint density at radius 1 is 0.973 bits per heavy atom. The molecule has 0 spiro atoms. The van der Waals surface area contributed by atoms with Gasteiger partial charge in [-0.15, -0.1) is 13.2 Å². The first-order chi connectivity index (χ1) is 16.9. The number of carbonyl (C=O) groups is 1. The summed E-state index contributed by atoms with van der Waals surface area (Å²) in [5.74, 6) is -2.53. The minimum atomic E-state index is -5.07. The van der Waals surface area contributed by atoms with Crippen molar-refractivity contribution in [1.82, 2.24) is 4.90 Å². The Bertz CT molecular complexity index is 1380. The SMILES string of the molecule is CS(=O)(=O)c1cc(OC(F)(F)F)ccc1C(=O)N1CCC(CS(=O)(=O)c2cccc(C(F)(F)F)c2)CC1. The van der Waals surface area contributed by atoms with Crippen LogP contribution in [-0.2, 0) is 25.9 Å². The molecule has 0 aliphatic carbocycles. The number of likely N-dealkylation sites (tertiary alicyclic amines) is 1. The molecule has 2 aromatic rings. The Labute approximate surface area is 208 Å². The number of benzene rings is 2. The van der Waals surface area contributed by atoms with Crippen LogP contribution in [0.5, 0.6) is 5.75 Å². The van der Waals surface area contributed by atoms with Crippen LogP contribution in [0, 0.1) is 5.92 Å². The molecule has 1 fully saturated rings. The molecule has 15 heteroatoms. The fraction of sp³-hybridized carbons (Fsp3) is 0.409. The van der Waals surface area contributed by atoms with Gasteiger partial charge in [-0.05, 0) is 55.2 Å².